The first-order valence-corrected chi connectivity index (χ1v) is 6.92. The number of ketones is 1. The van der Waals surface area contributed by atoms with E-state index in [1.165, 1.54) is 13.0 Å². The zero-order valence-electron chi connectivity index (χ0n) is 11.4. The third-order valence-corrected chi connectivity index (χ3v) is 3.42. The van der Waals surface area contributed by atoms with E-state index in [1.54, 1.807) is 37.3 Å². The molecule has 0 spiro atoms. The summed E-state index contributed by atoms with van der Waals surface area (Å²) in [5.41, 5.74) is 0.762. The fourth-order valence-electron chi connectivity index (χ4n) is 1.94. The summed E-state index contributed by atoms with van der Waals surface area (Å²) >= 11 is 3.30. The summed E-state index contributed by atoms with van der Waals surface area (Å²) in [6.07, 6.45) is 0. The van der Waals surface area contributed by atoms with Gasteiger partial charge >= 0.3 is 5.69 Å². The van der Waals surface area contributed by atoms with Gasteiger partial charge in [-0.3, -0.25) is 14.9 Å². The molecular weight excluding hydrogens is 338 g/mol. The molecule has 0 saturated heterocycles. The minimum Gasteiger partial charge on any atom is -0.449 e. The van der Waals surface area contributed by atoms with Crippen LogP contribution in [0, 0.1) is 17.0 Å². The molecule has 0 N–H and O–H groups in total. The molecule has 6 heteroatoms. The Balaban J connectivity index is 2.53. The molecule has 2 aromatic carbocycles. The van der Waals surface area contributed by atoms with E-state index in [-0.39, 0.29) is 23.0 Å². The number of halogens is 1. The largest absolute Gasteiger partial charge is 0.449 e. The third-order valence-electron chi connectivity index (χ3n) is 2.93. The van der Waals surface area contributed by atoms with Crippen molar-refractivity contribution in [3.63, 3.8) is 0 Å². The van der Waals surface area contributed by atoms with Gasteiger partial charge in [0.15, 0.2) is 5.78 Å². The lowest BCUT2D eigenvalue weighted by atomic mass is 10.1. The average molecular weight is 350 g/mol. The van der Waals surface area contributed by atoms with Crippen LogP contribution in [0.4, 0.5) is 5.69 Å². The predicted octanol–water partition coefficient (Wildman–Crippen LogP) is 4.66. The number of benzene rings is 2. The lowest BCUT2D eigenvalue weighted by molar-refractivity contribution is -0.386. The number of hydrogen-bond donors (Lipinski definition) is 0. The van der Waals surface area contributed by atoms with Gasteiger partial charge < -0.3 is 4.74 Å². The number of rotatable bonds is 4. The first-order valence-electron chi connectivity index (χ1n) is 6.12. The molecule has 0 fully saturated rings. The summed E-state index contributed by atoms with van der Waals surface area (Å²) in [6.45, 7) is 3.05. The molecule has 108 valence electrons. The average Bonchev–Trinajstić information content (AvgIpc) is 2.37. The van der Waals surface area contributed by atoms with Gasteiger partial charge in [-0.05, 0) is 38.1 Å². The maximum Gasteiger partial charge on any atom is 0.314 e. The quantitative estimate of drug-likeness (QED) is 0.457. The highest BCUT2D eigenvalue weighted by Crippen LogP contribution is 2.36. The van der Waals surface area contributed by atoms with Crippen LogP contribution in [0.1, 0.15) is 22.8 Å². The van der Waals surface area contributed by atoms with Crippen molar-refractivity contribution in [2.45, 2.75) is 13.8 Å². The van der Waals surface area contributed by atoms with Crippen LogP contribution in [-0.4, -0.2) is 10.7 Å². The van der Waals surface area contributed by atoms with Crippen LogP contribution in [0.15, 0.2) is 40.9 Å². The highest BCUT2D eigenvalue weighted by molar-refractivity contribution is 9.10. The Morgan fingerprint density at radius 3 is 2.57 bits per heavy atom. The van der Waals surface area contributed by atoms with Crippen molar-refractivity contribution in [1.29, 1.82) is 0 Å². The molecule has 0 bridgehead atoms. The van der Waals surface area contributed by atoms with E-state index in [4.69, 9.17) is 4.74 Å². The summed E-state index contributed by atoms with van der Waals surface area (Å²) in [5.74, 6) is 0.221. The fourth-order valence-corrected chi connectivity index (χ4v) is 2.28. The van der Waals surface area contributed by atoms with Gasteiger partial charge in [0.1, 0.15) is 5.75 Å². The smallest absolute Gasteiger partial charge is 0.314 e. The van der Waals surface area contributed by atoms with Crippen molar-refractivity contribution in [3.05, 3.63) is 62.1 Å². The number of carbonyl (C=O) groups excluding carboxylic acids is 1. The van der Waals surface area contributed by atoms with Gasteiger partial charge in [0.05, 0.1) is 10.5 Å². The summed E-state index contributed by atoms with van der Waals surface area (Å²) in [7, 11) is 0. The van der Waals surface area contributed by atoms with Crippen LogP contribution in [0.5, 0.6) is 11.5 Å². The standard InChI is InChI=1S/C15H12BrNO4/c1-9-4-3-5-13(15(9)17(19)20)21-14-8-11(16)6-7-12(14)10(2)18/h3-8H,1-2H3. The fraction of sp³-hybridized carbons (Fsp3) is 0.133. The summed E-state index contributed by atoms with van der Waals surface area (Å²) < 4.78 is 6.35. The molecule has 0 heterocycles. The minimum absolute atomic E-state index is 0.105. The zero-order chi connectivity index (χ0) is 15.6. The van der Waals surface area contributed by atoms with Gasteiger partial charge in [-0.25, -0.2) is 0 Å². The van der Waals surface area contributed by atoms with Crippen molar-refractivity contribution >= 4 is 27.4 Å². The lowest BCUT2D eigenvalue weighted by Crippen LogP contribution is -2.00. The van der Waals surface area contributed by atoms with E-state index in [9.17, 15) is 14.9 Å². The highest BCUT2D eigenvalue weighted by Gasteiger charge is 2.20. The Morgan fingerprint density at radius 1 is 1.24 bits per heavy atom. The maximum atomic E-state index is 11.6. The molecule has 0 unspecified atom stereocenters. The number of carbonyl (C=O) groups is 1. The van der Waals surface area contributed by atoms with Gasteiger partial charge in [-0.15, -0.1) is 0 Å². The van der Waals surface area contributed by atoms with Crippen LogP contribution >= 0.6 is 15.9 Å². The molecular formula is C15H12BrNO4. The predicted molar refractivity (Wildman–Crippen MR) is 82.1 cm³/mol. The summed E-state index contributed by atoms with van der Waals surface area (Å²) in [5, 5.41) is 11.2. The Kier molecular flexibility index (Phi) is 4.37. The molecule has 0 aromatic heterocycles. The summed E-state index contributed by atoms with van der Waals surface area (Å²) in [4.78, 5) is 22.3. The third kappa shape index (κ3) is 3.28. The maximum absolute atomic E-state index is 11.6. The Labute approximate surface area is 129 Å². The Morgan fingerprint density at radius 2 is 1.95 bits per heavy atom. The summed E-state index contributed by atoms with van der Waals surface area (Å²) in [6, 6.07) is 9.76. The molecule has 0 aliphatic heterocycles. The zero-order valence-corrected chi connectivity index (χ0v) is 13.0. The molecule has 0 aliphatic carbocycles. The second kappa shape index (κ2) is 6.05. The van der Waals surface area contributed by atoms with Crippen LogP contribution in [-0.2, 0) is 0 Å². The van der Waals surface area contributed by atoms with E-state index in [2.05, 4.69) is 15.9 Å². The second-order valence-corrected chi connectivity index (χ2v) is 5.39. The number of ether oxygens (including phenoxy) is 1. The van der Waals surface area contributed by atoms with Crippen LogP contribution in [0.2, 0.25) is 0 Å². The molecule has 21 heavy (non-hydrogen) atoms. The van der Waals surface area contributed by atoms with Gasteiger partial charge in [-0.2, -0.15) is 0 Å². The Bertz CT molecular complexity index is 728. The minimum atomic E-state index is -0.490. The van der Waals surface area contributed by atoms with Crippen LogP contribution < -0.4 is 4.74 Å². The first-order chi connectivity index (χ1) is 9.90. The van der Waals surface area contributed by atoms with E-state index in [0.717, 1.165) is 4.47 Å². The molecule has 0 radical (unpaired) electrons. The number of nitrogens with zero attached hydrogens (tertiary/aromatic N) is 1. The molecule has 0 atom stereocenters. The van der Waals surface area contributed by atoms with Crippen LogP contribution in [0.25, 0.3) is 0 Å². The number of aryl methyl sites for hydroxylation is 1. The van der Waals surface area contributed by atoms with Gasteiger partial charge in [0.2, 0.25) is 5.75 Å². The SMILES string of the molecule is CC(=O)c1ccc(Br)cc1Oc1cccc(C)c1[N+](=O)[O-]. The molecule has 2 rings (SSSR count). The number of Topliss-reactive ketones (excluding diaryl/α,β-unsaturated/α-hetero) is 1. The highest BCUT2D eigenvalue weighted by atomic mass is 79.9. The van der Waals surface area contributed by atoms with E-state index >= 15 is 0 Å². The van der Waals surface area contributed by atoms with Crippen LogP contribution in [0.3, 0.4) is 0 Å². The van der Waals surface area contributed by atoms with Gasteiger partial charge in [0.25, 0.3) is 0 Å². The van der Waals surface area contributed by atoms with Crippen molar-refractivity contribution in [1.82, 2.24) is 0 Å². The van der Waals surface area contributed by atoms with E-state index in [0.29, 0.717) is 11.1 Å². The van der Waals surface area contributed by atoms with Gasteiger partial charge in [0, 0.05) is 10.0 Å². The molecule has 0 aliphatic rings. The van der Waals surface area contributed by atoms with Gasteiger partial charge in [-0.1, -0.05) is 28.1 Å². The lowest BCUT2D eigenvalue weighted by Gasteiger charge is -2.11. The van der Waals surface area contributed by atoms with Crippen molar-refractivity contribution in [2.24, 2.45) is 0 Å². The second-order valence-electron chi connectivity index (χ2n) is 4.48. The van der Waals surface area contributed by atoms with Crippen molar-refractivity contribution in [2.75, 3.05) is 0 Å². The van der Waals surface area contributed by atoms with E-state index < -0.39 is 4.92 Å². The normalized spacial score (nSPS) is 10.2. The molecule has 5 nitrogen and oxygen atoms in total. The molecule has 0 saturated carbocycles. The number of para-hydroxylation sites is 1. The number of nitro groups is 1. The van der Waals surface area contributed by atoms with Crippen molar-refractivity contribution < 1.29 is 14.5 Å². The number of nitro benzene ring substituents is 1. The molecule has 2 aromatic rings. The molecule has 0 amide bonds. The monoisotopic (exact) mass is 349 g/mol. The Hall–Kier alpha value is -2.21. The van der Waals surface area contributed by atoms with Crippen molar-refractivity contribution in [3.8, 4) is 11.5 Å². The topological polar surface area (TPSA) is 69.4 Å². The van der Waals surface area contributed by atoms with E-state index in [1.807, 2.05) is 0 Å². The first kappa shape index (κ1) is 15.2. The number of hydrogen-bond acceptors (Lipinski definition) is 4.